The summed E-state index contributed by atoms with van der Waals surface area (Å²) in [5, 5.41) is 5.71. The highest BCUT2D eigenvalue weighted by Gasteiger charge is 2.11. The summed E-state index contributed by atoms with van der Waals surface area (Å²) in [6.07, 6.45) is 0. The molecular weight excluding hydrogens is 344 g/mol. The van der Waals surface area contributed by atoms with Crippen LogP contribution in [0.4, 0.5) is 5.69 Å². The van der Waals surface area contributed by atoms with E-state index in [-0.39, 0.29) is 17.7 Å². The van der Waals surface area contributed by atoms with Crippen LogP contribution >= 0.6 is 0 Å². The summed E-state index contributed by atoms with van der Waals surface area (Å²) in [6.45, 7) is 6.48. The molecule has 2 aromatic rings. The maximum absolute atomic E-state index is 12.4. The Morgan fingerprint density at radius 1 is 1.04 bits per heavy atom. The largest absolute Gasteiger partial charge is 0.493 e. The summed E-state index contributed by atoms with van der Waals surface area (Å²) in [6, 6.07) is 12.5. The van der Waals surface area contributed by atoms with Gasteiger partial charge >= 0.3 is 0 Å². The molecule has 144 valence electrons. The fourth-order valence-electron chi connectivity index (χ4n) is 2.36. The Labute approximate surface area is 159 Å². The molecule has 2 aromatic carbocycles. The minimum atomic E-state index is -0.200. The van der Waals surface area contributed by atoms with Crippen LogP contribution in [0.25, 0.3) is 0 Å². The topological polar surface area (TPSA) is 76.7 Å². The molecule has 2 amide bonds. The predicted molar refractivity (Wildman–Crippen MR) is 105 cm³/mol. The zero-order valence-corrected chi connectivity index (χ0v) is 16.2. The Balaban J connectivity index is 1.96. The molecule has 2 N–H and O–H groups in total. The van der Waals surface area contributed by atoms with Gasteiger partial charge in [-0.05, 0) is 42.8 Å². The second-order valence-electron chi connectivity index (χ2n) is 6.32. The van der Waals surface area contributed by atoms with E-state index in [0.29, 0.717) is 30.2 Å². The van der Waals surface area contributed by atoms with Gasteiger partial charge in [-0.1, -0.05) is 26.0 Å². The van der Waals surface area contributed by atoms with Crippen molar-refractivity contribution in [1.82, 2.24) is 5.32 Å². The number of hydrogen-bond donors (Lipinski definition) is 2. The second kappa shape index (κ2) is 9.62. The fourth-order valence-corrected chi connectivity index (χ4v) is 2.36. The average Bonchev–Trinajstić information content (AvgIpc) is 2.67. The van der Waals surface area contributed by atoms with Crippen molar-refractivity contribution in [1.29, 1.82) is 0 Å². The smallest absolute Gasteiger partial charge is 0.251 e. The molecule has 27 heavy (non-hydrogen) atoms. The summed E-state index contributed by atoms with van der Waals surface area (Å²) < 4.78 is 10.7. The van der Waals surface area contributed by atoms with Crippen LogP contribution in [0.1, 0.15) is 36.7 Å². The first-order valence-electron chi connectivity index (χ1n) is 8.93. The molecule has 0 aliphatic heterocycles. The normalized spacial score (nSPS) is 10.4. The lowest BCUT2D eigenvalue weighted by atomic mass is 10.1. The average molecular weight is 370 g/mol. The quantitative estimate of drug-likeness (QED) is 0.744. The molecule has 0 spiro atoms. The zero-order valence-electron chi connectivity index (χ0n) is 16.2. The van der Waals surface area contributed by atoms with Crippen LogP contribution in [-0.2, 0) is 11.3 Å². The van der Waals surface area contributed by atoms with Crippen molar-refractivity contribution < 1.29 is 19.1 Å². The summed E-state index contributed by atoms with van der Waals surface area (Å²) in [5.41, 5.74) is 2.17. The predicted octanol–water partition coefficient (Wildman–Crippen LogP) is 3.62. The first-order chi connectivity index (χ1) is 12.9. The number of methoxy groups -OCH3 is 1. The Morgan fingerprint density at radius 2 is 1.74 bits per heavy atom. The highest BCUT2D eigenvalue weighted by molar-refractivity contribution is 5.95. The van der Waals surface area contributed by atoms with E-state index in [1.807, 2.05) is 45.0 Å². The van der Waals surface area contributed by atoms with Gasteiger partial charge in [0.1, 0.15) is 0 Å². The van der Waals surface area contributed by atoms with Crippen LogP contribution in [-0.4, -0.2) is 25.5 Å². The number of carbonyl (C=O) groups is 2. The van der Waals surface area contributed by atoms with Crippen LogP contribution < -0.4 is 20.1 Å². The van der Waals surface area contributed by atoms with E-state index in [4.69, 9.17) is 9.47 Å². The van der Waals surface area contributed by atoms with E-state index in [9.17, 15) is 9.59 Å². The van der Waals surface area contributed by atoms with Gasteiger partial charge in [0.15, 0.2) is 11.5 Å². The lowest BCUT2D eigenvalue weighted by Crippen LogP contribution is -2.23. The van der Waals surface area contributed by atoms with Crippen LogP contribution in [0, 0.1) is 5.92 Å². The van der Waals surface area contributed by atoms with E-state index in [1.165, 1.54) is 0 Å². The number of rotatable bonds is 8. The molecule has 6 nitrogen and oxygen atoms in total. The molecule has 0 atom stereocenters. The third kappa shape index (κ3) is 5.74. The minimum absolute atomic E-state index is 0.0273. The van der Waals surface area contributed by atoms with Crippen molar-refractivity contribution >= 4 is 17.5 Å². The monoisotopic (exact) mass is 370 g/mol. The Kier molecular flexibility index (Phi) is 7.23. The van der Waals surface area contributed by atoms with Crippen molar-refractivity contribution in [2.24, 2.45) is 5.92 Å². The van der Waals surface area contributed by atoms with E-state index in [0.717, 1.165) is 11.3 Å². The molecule has 0 saturated heterocycles. The highest BCUT2D eigenvalue weighted by atomic mass is 16.5. The van der Waals surface area contributed by atoms with E-state index < -0.39 is 0 Å². The Bertz CT molecular complexity index is 785. The number of carbonyl (C=O) groups excluding carboxylic acids is 2. The van der Waals surface area contributed by atoms with Gasteiger partial charge in [0.2, 0.25) is 5.91 Å². The number of benzene rings is 2. The molecule has 0 fully saturated rings. The third-order valence-corrected chi connectivity index (χ3v) is 3.92. The van der Waals surface area contributed by atoms with Crippen molar-refractivity contribution in [2.75, 3.05) is 19.0 Å². The molecule has 0 aliphatic rings. The van der Waals surface area contributed by atoms with Gasteiger partial charge in [-0.2, -0.15) is 0 Å². The minimum Gasteiger partial charge on any atom is -0.493 e. The summed E-state index contributed by atoms with van der Waals surface area (Å²) in [5.74, 6) is 0.828. The lowest BCUT2D eigenvalue weighted by molar-refractivity contribution is -0.118. The first-order valence-corrected chi connectivity index (χ1v) is 8.93. The molecule has 0 saturated carbocycles. The van der Waals surface area contributed by atoms with Crippen LogP contribution in [0.15, 0.2) is 42.5 Å². The molecule has 0 aromatic heterocycles. The van der Waals surface area contributed by atoms with E-state index in [2.05, 4.69) is 10.6 Å². The Hall–Kier alpha value is -3.02. The van der Waals surface area contributed by atoms with Crippen molar-refractivity contribution in [3.05, 3.63) is 53.6 Å². The summed E-state index contributed by atoms with van der Waals surface area (Å²) >= 11 is 0. The summed E-state index contributed by atoms with van der Waals surface area (Å²) in [7, 11) is 1.54. The Morgan fingerprint density at radius 3 is 2.33 bits per heavy atom. The highest BCUT2D eigenvalue weighted by Crippen LogP contribution is 2.28. The molecule has 0 bridgehead atoms. The lowest BCUT2D eigenvalue weighted by Gasteiger charge is -2.12. The standard InChI is InChI=1S/C21H26N2O4/c1-5-27-18-11-8-16(12-19(18)26-4)21(25)22-13-15-6-9-17(10-7-15)23-20(24)14(2)3/h6-12,14H,5,13H2,1-4H3,(H,22,25)(H,23,24). The molecule has 0 radical (unpaired) electrons. The van der Waals surface area contributed by atoms with Crippen molar-refractivity contribution in [3.8, 4) is 11.5 Å². The van der Waals surface area contributed by atoms with Gasteiger partial charge < -0.3 is 20.1 Å². The maximum atomic E-state index is 12.4. The van der Waals surface area contributed by atoms with Crippen LogP contribution in [0.3, 0.4) is 0 Å². The van der Waals surface area contributed by atoms with Gasteiger partial charge in [0.05, 0.1) is 13.7 Å². The molecule has 0 unspecified atom stereocenters. The van der Waals surface area contributed by atoms with E-state index >= 15 is 0 Å². The van der Waals surface area contributed by atoms with Crippen molar-refractivity contribution in [2.45, 2.75) is 27.3 Å². The first kappa shape index (κ1) is 20.3. The second-order valence-corrected chi connectivity index (χ2v) is 6.32. The summed E-state index contributed by atoms with van der Waals surface area (Å²) in [4.78, 5) is 24.1. The van der Waals surface area contributed by atoms with Gasteiger partial charge in [-0.3, -0.25) is 9.59 Å². The van der Waals surface area contributed by atoms with Gasteiger partial charge in [0.25, 0.3) is 5.91 Å². The number of hydrogen-bond acceptors (Lipinski definition) is 4. The van der Waals surface area contributed by atoms with Crippen LogP contribution in [0.5, 0.6) is 11.5 Å². The molecular formula is C21H26N2O4. The molecule has 0 aliphatic carbocycles. The zero-order chi connectivity index (χ0) is 19.8. The maximum Gasteiger partial charge on any atom is 0.251 e. The molecule has 2 rings (SSSR count). The van der Waals surface area contributed by atoms with E-state index in [1.54, 1.807) is 25.3 Å². The van der Waals surface area contributed by atoms with Gasteiger partial charge in [-0.15, -0.1) is 0 Å². The molecule has 6 heteroatoms. The number of anilines is 1. The number of nitrogens with one attached hydrogen (secondary N) is 2. The number of amides is 2. The SMILES string of the molecule is CCOc1ccc(C(=O)NCc2ccc(NC(=O)C(C)C)cc2)cc1OC. The number of ether oxygens (including phenoxy) is 2. The van der Waals surface area contributed by atoms with Crippen LogP contribution in [0.2, 0.25) is 0 Å². The van der Waals surface area contributed by atoms with Crippen molar-refractivity contribution in [3.63, 3.8) is 0 Å². The fraction of sp³-hybridized carbons (Fsp3) is 0.333. The molecule has 0 heterocycles. The van der Waals surface area contributed by atoms with Gasteiger partial charge in [-0.25, -0.2) is 0 Å². The van der Waals surface area contributed by atoms with Gasteiger partial charge in [0, 0.05) is 23.7 Å². The third-order valence-electron chi connectivity index (χ3n) is 3.92.